The van der Waals surface area contributed by atoms with Gasteiger partial charge in [-0.1, -0.05) is 0 Å². The summed E-state index contributed by atoms with van der Waals surface area (Å²) in [7, 11) is 1.63. The lowest BCUT2D eigenvalue weighted by atomic mass is 10.2. The van der Waals surface area contributed by atoms with E-state index in [1.807, 2.05) is 36.4 Å². The third-order valence-corrected chi connectivity index (χ3v) is 5.62. The van der Waals surface area contributed by atoms with Gasteiger partial charge < -0.3 is 19.9 Å². The Kier molecular flexibility index (Phi) is 5.73. The number of carbonyl (C=O) groups excluding carboxylic acids is 2. The summed E-state index contributed by atoms with van der Waals surface area (Å²) in [6.45, 7) is 3.17. The molecule has 0 unspecified atom stereocenters. The summed E-state index contributed by atoms with van der Waals surface area (Å²) in [5, 5.41) is 2.85. The van der Waals surface area contributed by atoms with Crippen LogP contribution in [0.4, 0.5) is 11.4 Å². The first-order chi connectivity index (χ1) is 14.1. The topological polar surface area (TPSA) is 74.8 Å². The molecule has 2 amide bonds. The van der Waals surface area contributed by atoms with Gasteiger partial charge in [-0.05, 0) is 42.5 Å². The highest BCUT2D eigenvalue weighted by Gasteiger charge is 2.16. The van der Waals surface area contributed by atoms with Crippen molar-refractivity contribution in [3.8, 4) is 0 Å². The molecule has 29 heavy (non-hydrogen) atoms. The molecule has 2 aromatic carbocycles. The number of morpholine rings is 1. The third kappa shape index (κ3) is 4.55. The zero-order chi connectivity index (χ0) is 20.2. The molecule has 0 radical (unpaired) electrons. The molecule has 1 fully saturated rings. The molecule has 3 aromatic rings. The van der Waals surface area contributed by atoms with Crippen molar-refractivity contribution < 1.29 is 14.3 Å². The number of hydrogen-bond donors (Lipinski definition) is 1. The van der Waals surface area contributed by atoms with Crippen molar-refractivity contribution in [3.63, 3.8) is 0 Å². The molecule has 0 saturated carbocycles. The van der Waals surface area contributed by atoms with E-state index >= 15 is 0 Å². The lowest BCUT2D eigenvalue weighted by molar-refractivity contribution is -0.116. The maximum Gasteiger partial charge on any atom is 0.254 e. The molecule has 0 spiro atoms. The van der Waals surface area contributed by atoms with Gasteiger partial charge in [-0.2, -0.15) is 0 Å². The number of anilines is 2. The van der Waals surface area contributed by atoms with Crippen molar-refractivity contribution in [2.24, 2.45) is 0 Å². The fourth-order valence-corrected chi connectivity index (χ4v) is 3.99. The first kappa shape index (κ1) is 19.4. The van der Waals surface area contributed by atoms with Crippen LogP contribution in [0.15, 0.2) is 48.0 Å². The first-order valence-corrected chi connectivity index (χ1v) is 10.3. The molecule has 150 valence electrons. The Balaban J connectivity index is 1.34. The molecule has 0 bridgehead atoms. The second-order valence-corrected chi connectivity index (χ2v) is 7.78. The van der Waals surface area contributed by atoms with Crippen molar-refractivity contribution in [1.82, 2.24) is 9.88 Å². The first-order valence-electron chi connectivity index (χ1n) is 9.41. The van der Waals surface area contributed by atoms with E-state index in [9.17, 15) is 9.59 Å². The number of hydrogen-bond acceptors (Lipinski definition) is 6. The minimum absolute atomic E-state index is 0.0230. The van der Waals surface area contributed by atoms with Gasteiger partial charge in [0.1, 0.15) is 0 Å². The van der Waals surface area contributed by atoms with Crippen LogP contribution in [0.2, 0.25) is 0 Å². The molecule has 8 heteroatoms. The summed E-state index contributed by atoms with van der Waals surface area (Å²) >= 11 is 1.49. The molecule has 0 atom stereocenters. The van der Waals surface area contributed by atoms with Gasteiger partial charge in [0.05, 0.1) is 35.5 Å². The molecular formula is C21H22N4O3S. The molecule has 1 aliphatic heterocycles. The standard InChI is InChI=1S/C21H22N4O3S/c1-24(21(27)15-2-7-18-19(12-15)29-14-22-18)13-20(26)23-16-3-5-17(6-4-16)25-8-10-28-11-9-25/h2-7,12,14H,8-11,13H2,1H3,(H,23,26). The Labute approximate surface area is 172 Å². The van der Waals surface area contributed by atoms with Gasteiger partial charge in [-0.25, -0.2) is 4.98 Å². The zero-order valence-electron chi connectivity index (χ0n) is 16.1. The van der Waals surface area contributed by atoms with Crippen LogP contribution in [-0.2, 0) is 9.53 Å². The van der Waals surface area contributed by atoms with E-state index in [4.69, 9.17) is 4.74 Å². The molecule has 7 nitrogen and oxygen atoms in total. The van der Waals surface area contributed by atoms with Crippen LogP contribution in [0.25, 0.3) is 10.2 Å². The van der Waals surface area contributed by atoms with Gasteiger partial charge in [0.15, 0.2) is 0 Å². The van der Waals surface area contributed by atoms with Gasteiger partial charge >= 0.3 is 0 Å². The van der Waals surface area contributed by atoms with E-state index in [0.717, 1.165) is 42.2 Å². The number of rotatable bonds is 5. The van der Waals surface area contributed by atoms with Gasteiger partial charge in [-0.15, -0.1) is 11.3 Å². The Morgan fingerprint density at radius 1 is 1.17 bits per heavy atom. The minimum Gasteiger partial charge on any atom is -0.378 e. The summed E-state index contributed by atoms with van der Waals surface area (Å²) in [6.07, 6.45) is 0. The van der Waals surface area contributed by atoms with Crippen LogP contribution in [0, 0.1) is 0 Å². The van der Waals surface area contributed by atoms with Crippen LogP contribution in [0.3, 0.4) is 0 Å². The predicted molar refractivity (Wildman–Crippen MR) is 115 cm³/mol. The number of benzene rings is 2. The Morgan fingerprint density at radius 3 is 2.69 bits per heavy atom. The summed E-state index contributed by atoms with van der Waals surface area (Å²) in [5.74, 6) is -0.433. The Bertz CT molecular complexity index is 1010. The lowest BCUT2D eigenvalue weighted by Crippen LogP contribution is -2.36. The van der Waals surface area contributed by atoms with Crippen LogP contribution in [0.5, 0.6) is 0 Å². The van der Waals surface area contributed by atoms with E-state index < -0.39 is 0 Å². The number of fused-ring (bicyclic) bond motifs is 1. The summed E-state index contributed by atoms with van der Waals surface area (Å²) in [4.78, 5) is 32.9. The second kappa shape index (κ2) is 8.59. The maximum atomic E-state index is 12.6. The van der Waals surface area contributed by atoms with Gasteiger partial charge in [0.25, 0.3) is 5.91 Å². The highest BCUT2D eigenvalue weighted by atomic mass is 32.1. The third-order valence-electron chi connectivity index (χ3n) is 4.83. The quantitative estimate of drug-likeness (QED) is 0.700. The van der Waals surface area contributed by atoms with E-state index in [-0.39, 0.29) is 18.4 Å². The van der Waals surface area contributed by atoms with E-state index in [1.165, 1.54) is 16.2 Å². The fourth-order valence-electron chi connectivity index (χ4n) is 3.27. The molecule has 1 aromatic heterocycles. The Morgan fingerprint density at radius 2 is 1.93 bits per heavy atom. The highest BCUT2D eigenvalue weighted by Crippen LogP contribution is 2.21. The van der Waals surface area contributed by atoms with Crippen molar-refractivity contribution >= 4 is 44.7 Å². The molecule has 2 heterocycles. The summed E-state index contributed by atoms with van der Waals surface area (Å²) < 4.78 is 6.32. The van der Waals surface area contributed by atoms with Crippen LogP contribution in [-0.4, -0.2) is 61.6 Å². The van der Waals surface area contributed by atoms with Crippen molar-refractivity contribution in [2.75, 3.05) is 50.1 Å². The summed E-state index contributed by atoms with van der Waals surface area (Å²) in [6, 6.07) is 13.1. The number of thiazole rings is 1. The summed E-state index contributed by atoms with van der Waals surface area (Å²) in [5.41, 5.74) is 4.98. The number of nitrogens with zero attached hydrogens (tertiary/aromatic N) is 3. The largest absolute Gasteiger partial charge is 0.378 e. The number of carbonyl (C=O) groups is 2. The molecule has 1 aliphatic rings. The smallest absolute Gasteiger partial charge is 0.254 e. The van der Waals surface area contributed by atoms with Crippen molar-refractivity contribution in [3.05, 3.63) is 53.5 Å². The normalized spacial score (nSPS) is 14.0. The van der Waals surface area contributed by atoms with Crippen molar-refractivity contribution in [1.29, 1.82) is 0 Å². The van der Waals surface area contributed by atoms with Gasteiger partial charge in [0.2, 0.25) is 5.91 Å². The number of likely N-dealkylation sites (N-methyl/N-ethyl adjacent to an activating group) is 1. The maximum absolute atomic E-state index is 12.6. The average molecular weight is 410 g/mol. The van der Waals surface area contributed by atoms with Crippen molar-refractivity contribution in [2.45, 2.75) is 0 Å². The fraction of sp³-hybridized carbons (Fsp3) is 0.286. The number of amides is 2. The predicted octanol–water partition coefficient (Wildman–Crippen LogP) is 2.84. The van der Waals surface area contributed by atoms with Gasteiger partial charge in [0, 0.05) is 37.1 Å². The highest BCUT2D eigenvalue weighted by molar-refractivity contribution is 7.16. The minimum atomic E-state index is -0.237. The lowest BCUT2D eigenvalue weighted by Gasteiger charge is -2.28. The number of nitrogens with one attached hydrogen (secondary N) is 1. The van der Waals surface area contributed by atoms with E-state index in [0.29, 0.717) is 11.3 Å². The van der Waals surface area contributed by atoms with E-state index in [1.54, 1.807) is 18.6 Å². The number of aromatic nitrogens is 1. The van der Waals surface area contributed by atoms with Crippen LogP contribution in [0.1, 0.15) is 10.4 Å². The van der Waals surface area contributed by atoms with Crippen LogP contribution < -0.4 is 10.2 Å². The molecule has 1 saturated heterocycles. The van der Waals surface area contributed by atoms with Gasteiger partial charge in [-0.3, -0.25) is 9.59 Å². The van der Waals surface area contributed by atoms with Crippen LogP contribution >= 0.6 is 11.3 Å². The molecule has 0 aliphatic carbocycles. The molecule has 4 rings (SSSR count). The molecule has 1 N–H and O–H groups in total. The SMILES string of the molecule is CN(CC(=O)Nc1ccc(N2CCOCC2)cc1)C(=O)c1ccc2ncsc2c1. The molecular weight excluding hydrogens is 388 g/mol. The monoisotopic (exact) mass is 410 g/mol. The van der Waals surface area contributed by atoms with E-state index in [2.05, 4.69) is 15.2 Å². The second-order valence-electron chi connectivity index (χ2n) is 6.89. The zero-order valence-corrected chi connectivity index (χ0v) is 16.9. The Hall–Kier alpha value is -2.97. The number of ether oxygens (including phenoxy) is 1. The average Bonchev–Trinajstić information content (AvgIpc) is 3.22.